The Kier molecular flexibility index (Phi) is 5.00. The van der Waals surface area contributed by atoms with Crippen LogP contribution in [0.25, 0.3) is 66.0 Å². The smallest absolute Gasteiger partial charge is 0.123 e. The molecule has 210 valence electrons. The van der Waals surface area contributed by atoms with Crippen molar-refractivity contribution in [2.75, 3.05) is 4.90 Å². The summed E-state index contributed by atoms with van der Waals surface area (Å²) in [5.41, 5.74) is 10.7. The zero-order valence-corrected chi connectivity index (χ0v) is 24.4. The minimum absolute atomic E-state index is 1.11. The standard InChI is InChI=1S/C42H27N3/c1-2-13-29-25-41-36(24-28(29)12-1)35-19-6-10-23-40(35)44(42-26-30-14-3-7-20-37(30)45(41)42)32-16-11-15-31(27-32)43-38-21-8-4-17-33(38)34-18-5-9-22-39(34)43/h1-27H. The monoisotopic (exact) mass is 573 g/mol. The Balaban J connectivity index is 1.29. The summed E-state index contributed by atoms with van der Waals surface area (Å²) in [5, 5.41) is 6.22. The van der Waals surface area contributed by atoms with Gasteiger partial charge in [0.25, 0.3) is 0 Å². The van der Waals surface area contributed by atoms with E-state index in [-0.39, 0.29) is 0 Å². The van der Waals surface area contributed by atoms with Crippen molar-refractivity contribution in [1.82, 2.24) is 9.13 Å². The van der Waals surface area contributed by atoms with E-state index in [0.717, 1.165) is 22.9 Å². The number of hydrogen-bond acceptors (Lipinski definition) is 1. The molecule has 0 unspecified atom stereocenters. The topological polar surface area (TPSA) is 13.1 Å². The molecule has 9 aromatic rings. The van der Waals surface area contributed by atoms with Crippen LogP contribution in [0.3, 0.4) is 0 Å². The highest BCUT2D eigenvalue weighted by molar-refractivity contribution is 6.09. The maximum absolute atomic E-state index is 2.45. The number of fused-ring (bicyclic) bond motifs is 11. The molecule has 0 fully saturated rings. The molecule has 0 saturated carbocycles. The van der Waals surface area contributed by atoms with Crippen molar-refractivity contribution < 1.29 is 0 Å². The molecule has 3 heteroatoms. The van der Waals surface area contributed by atoms with Gasteiger partial charge in [-0.15, -0.1) is 0 Å². The van der Waals surface area contributed by atoms with Crippen molar-refractivity contribution in [2.45, 2.75) is 0 Å². The van der Waals surface area contributed by atoms with E-state index in [1.807, 2.05) is 0 Å². The van der Waals surface area contributed by atoms with E-state index >= 15 is 0 Å². The number of anilines is 3. The molecule has 0 saturated heterocycles. The lowest BCUT2D eigenvalue weighted by Gasteiger charge is -2.26. The number of benzene rings is 7. The molecule has 0 radical (unpaired) electrons. The lowest BCUT2D eigenvalue weighted by atomic mass is 9.97. The van der Waals surface area contributed by atoms with Gasteiger partial charge >= 0.3 is 0 Å². The molecule has 0 atom stereocenters. The highest BCUT2D eigenvalue weighted by atomic mass is 15.3. The van der Waals surface area contributed by atoms with Gasteiger partial charge in [0.1, 0.15) is 5.82 Å². The fourth-order valence-electron chi connectivity index (χ4n) is 7.45. The summed E-state index contributed by atoms with van der Waals surface area (Å²) in [6.45, 7) is 0. The highest BCUT2D eigenvalue weighted by Gasteiger charge is 2.28. The van der Waals surface area contributed by atoms with Crippen LogP contribution in [-0.2, 0) is 0 Å². The van der Waals surface area contributed by atoms with Gasteiger partial charge in [0.2, 0.25) is 0 Å². The largest absolute Gasteiger partial charge is 0.309 e. The molecule has 10 rings (SSSR count). The summed E-state index contributed by atoms with van der Waals surface area (Å²) in [6, 6.07) is 59.7. The predicted molar refractivity (Wildman–Crippen MR) is 189 cm³/mol. The van der Waals surface area contributed by atoms with Gasteiger partial charge in [-0.3, -0.25) is 9.47 Å². The molecular formula is C42H27N3. The maximum atomic E-state index is 2.45. The number of rotatable bonds is 2. The second kappa shape index (κ2) is 9.22. The summed E-state index contributed by atoms with van der Waals surface area (Å²) in [7, 11) is 0. The predicted octanol–water partition coefficient (Wildman–Crippen LogP) is 11.3. The van der Waals surface area contributed by atoms with Crippen molar-refractivity contribution in [3.05, 3.63) is 164 Å². The second-order valence-electron chi connectivity index (χ2n) is 11.9. The second-order valence-corrected chi connectivity index (χ2v) is 11.9. The number of aromatic nitrogens is 2. The van der Waals surface area contributed by atoms with Crippen LogP contribution in [0.15, 0.2) is 164 Å². The van der Waals surface area contributed by atoms with E-state index in [1.54, 1.807) is 0 Å². The lowest BCUT2D eigenvalue weighted by Crippen LogP contribution is -2.13. The van der Waals surface area contributed by atoms with Crippen LogP contribution in [-0.4, -0.2) is 9.13 Å². The molecule has 0 bridgehead atoms. The fraction of sp³-hybridized carbons (Fsp3) is 0. The molecule has 2 aromatic heterocycles. The first-order chi connectivity index (χ1) is 22.3. The molecule has 3 nitrogen and oxygen atoms in total. The van der Waals surface area contributed by atoms with Crippen molar-refractivity contribution in [1.29, 1.82) is 0 Å². The maximum Gasteiger partial charge on any atom is 0.123 e. The Morgan fingerprint density at radius 2 is 0.933 bits per heavy atom. The highest BCUT2D eigenvalue weighted by Crippen LogP contribution is 2.49. The third-order valence-electron chi connectivity index (χ3n) is 9.39. The summed E-state index contributed by atoms with van der Waals surface area (Å²) < 4.78 is 4.85. The van der Waals surface area contributed by atoms with Gasteiger partial charge in [-0.05, 0) is 71.4 Å². The summed E-state index contributed by atoms with van der Waals surface area (Å²) in [6.07, 6.45) is 0. The first kappa shape index (κ1) is 24.4. The van der Waals surface area contributed by atoms with Crippen molar-refractivity contribution >= 4 is 60.7 Å². The van der Waals surface area contributed by atoms with Gasteiger partial charge in [0, 0.05) is 38.7 Å². The van der Waals surface area contributed by atoms with Gasteiger partial charge < -0.3 is 4.57 Å². The van der Waals surface area contributed by atoms with Gasteiger partial charge in [0.15, 0.2) is 0 Å². The molecule has 7 aromatic carbocycles. The minimum Gasteiger partial charge on any atom is -0.309 e. The van der Waals surface area contributed by atoms with Crippen LogP contribution in [0.1, 0.15) is 0 Å². The average Bonchev–Trinajstić information content (AvgIpc) is 3.61. The number of hydrogen-bond donors (Lipinski definition) is 0. The lowest BCUT2D eigenvalue weighted by molar-refractivity contribution is 1.09. The van der Waals surface area contributed by atoms with Gasteiger partial charge in [-0.25, -0.2) is 0 Å². The number of nitrogens with zero attached hydrogens (tertiary/aromatic N) is 3. The molecule has 0 aliphatic carbocycles. The van der Waals surface area contributed by atoms with Crippen molar-refractivity contribution in [3.63, 3.8) is 0 Å². The van der Waals surface area contributed by atoms with Crippen LogP contribution in [0, 0.1) is 0 Å². The fourth-order valence-corrected chi connectivity index (χ4v) is 7.45. The first-order valence-electron chi connectivity index (χ1n) is 15.5. The summed E-state index contributed by atoms with van der Waals surface area (Å²) in [4.78, 5) is 2.44. The molecule has 0 N–H and O–H groups in total. The third kappa shape index (κ3) is 3.46. The van der Waals surface area contributed by atoms with Crippen LogP contribution in [0.4, 0.5) is 17.2 Å². The molecule has 3 heterocycles. The Bertz CT molecular complexity index is 2570. The summed E-state index contributed by atoms with van der Waals surface area (Å²) >= 11 is 0. The Morgan fingerprint density at radius 3 is 1.71 bits per heavy atom. The average molecular weight is 574 g/mol. The van der Waals surface area contributed by atoms with E-state index in [0.29, 0.717) is 0 Å². The summed E-state index contributed by atoms with van der Waals surface area (Å²) in [5.74, 6) is 1.12. The van der Waals surface area contributed by atoms with E-state index in [9.17, 15) is 0 Å². The molecular weight excluding hydrogens is 546 g/mol. The van der Waals surface area contributed by atoms with Gasteiger partial charge in [-0.2, -0.15) is 0 Å². The van der Waals surface area contributed by atoms with Crippen LogP contribution in [0.2, 0.25) is 0 Å². The molecule has 0 spiro atoms. The molecule has 1 aliphatic rings. The first-order valence-corrected chi connectivity index (χ1v) is 15.5. The van der Waals surface area contributed by atoms with Crippen molar-refractivity contribution in [3.8, 4) is 22.5 Å². The zero-order valence-electron chi connectivity index (χ0n) is 24.4. The van der Waals surface area contributed by atoms with Crippen LogP contribution < -0.4 is 4.90 Å². The van der Waals surface area contributed by atoms with Gasteiger partial charge in [0.05, 0.1) is 27.9 Å². The van der Waals surface area contributed by atoms with Crippen LogP contribution in [0.5, 0.6) is 0 Å². The normalized spacial score (nSPS) is 12.4. The Hall–Kier alpha value is -6.06. The molecule has 45 heavy (non-hydrogen) atoms. The van der Waals surface area contributed by atoms with E-state index in [1.165, 1.54) is 60.3 Å². The van der Waals surface area contributed by atoms with E-state index < -0.39 is 0 Å². The molecule has 1 aliphatic heterocycles. The van der Waals surface area contributed by atoms with E-state index in [4.69, 9.17) is 0 Å². The van der Waals surface area contributed by atoms with E-state index in [2.05, 4.69) is 178 Å². The number of para-hydroxylation sites is 4. The van der Waals surface area contributed by atoms with Crippen molar-refractivity contribution in [2.24, 2.45) is 0 Å². The quantitative estimate of drug-likeness (QED) is 0.200. The SMILES string of the molecule is c1cc(N2c3ccccc3-c3cc4ccccc4cc3-n3c2cc2ccccc23)cc(-n2c3ccccc3c3ccccc32)c1. The van der Waals surface area contributed by atoms with Gasteiger partial charge in [-0.1, -0.05) is 103 Å². The molecule has 0 amide bonds. The Labute approximate surface area is 260 Å². The Morgan fingerprint density at radius 1 is 0.333 bits per heavy atom. The van der Waals surface area contributed by atoms with Crippen LogP contribution >= 0.6 is 0 Å². The third-order valence-corrected chi connectivity index (χ3v) is 9.39. The zero-order chi connectivity index (χ0) is 29.5. The minimum atomic E-state index is 1.11.